The van der Waals surface area contributed by atoms with Gasteiger partial charge in [-0.25, -0.2) is 19.5 Å². The Morgan fingerprint density at radius 2 is 1.67 bits per heavy atom. The molecule has 0 aliphatic rings. The fourth-order valence-electron chi connectivity index (χ4n) is 4.94. The number of amides is 2. The number of urea groups is 1. The van der Waals surface area contributed by atoms with E-state index in [-0.39, 0.29) is 11.7 Å². The van der Waals surface area contributed by atoms with Crippen molar-refractivity contribution in [2.75, 3.05) is 0 Å². The normalized spacial score (nSPS) is 13.3. The van der Waals surface area contributed by atoms with E-state index in [4.69, 9.17) is 0 Å². The smallest absolute Gasteiger partial charge is 0.406 e. The summed E-state index contributed by atoms with van der Waals surface area (Å²) >= 11 is 1.41. The number of aliphatic imine (C=N–C) groups is 1. The van der Waals surface area contributed by atoms with Gasteiger partial charge in [0.2, 0.25) is 0 Å². The van der Waals surface area contributed by atoms with E-state index in [9.17, 15) is 18.0 Å². The number of hydrogen-bond acceptors (Lipinski definition) is 5. The van der Waals surface area contributed by atoms with E-state index >= 15 is 0 Å². The lowest BCUT2D eigenvalue weighted by molar-refractivity contribution is -0.274. The second-order valence-electron chi connectivity index (χ2n) is 11.3. The zero-order valence-electron chi connectivity index (χ0n) is 26.2. The highest BCUT2D eigenvalue weighted by Crippen LogP contribution is 2.27. The molecule has 0 saturated heterocycles. The number of aryl methyl sites for hydroxylation is 2. The highest BCUT2D eigenvalue weighted by molar-refractivity contribution is 7.07. The van der Waals surface area contributed by atoms with Gasteiger partial charge in [0, 0.05) is 28.3 Å². The number of nitrogens with zero attached hydrogens (tertiary/aromatic N) is 6. The highest BCUT2D eigenvalue weighted by Gasteiger charge is 2.31. The maximum Gasteiger partial charge on any atom is 0.573 e. The summed E-state index contributed by atoms with van der Waals surface area (Å²) in [5, 5.41) is 6.44. The molecule has 0 N–H and O–H groups in total. The summed E-state index contributed by atoms with van der Waals surface area (Å²) in [4.78, 5) is 26.7. The second kappa shape index (κ2) is 13.3. The van der Waals surface area contributed by atoms with Crippen LogP contribution in [-0.2, 0) is 0 Å². The number of carbonyl (C=O) groups excluding carboxylic acids is 1. The van der Waals surface area contributed by atoms with Crippen molar-refractivity contribution in [3.05, 3.63) is 106 Å². The lowest BCUT2D eigenvalue weighted by Gasteiger charge is -2.16. The minimum atomic E-state index is -4.76. The quantitative estimate of drug-likeness (QED) is 0.166. The SMILES string of the molecule is CC(=NC(=O)N=c1scc(C)n1-c1cc(C)ccc1C(C)C)C(C)c1ccc(-c2ncn(-c3ccc(OC(F)(F)F)cc3)n2)cc1. The maximum atomic E-state index is 13.0. The first-order valence-corrected chi connectivity index (χ1v) is 15.5. The zero-order valence-corrected chi connectivity index (χ0v) is 27.0. The molecule has 5 aromatic rings. The number of thiazole rings is 1. The number of halogens is 3. The minimum Gasteiger partial charge on any atom is -0.406 e. The van der Waals surface area contributed by atoms with Gasteiger partial charge in [-0.3, -0.25) is 4.57 Å². The molecule has 0 aliphatic carbocycles. The zero-order chi connectivity index (χ0) is 33.2. The Hall–Kier alpha value is -4.84. The van der Waals surface area contributed by atoms with Crippen LogP contribution in [-0.4, -0.2) is 37.4 Å². The highest BCUT2D eigenvalue weighted by atomic mass is 32.1. The number of alkyl halides is 3. The lowest BCUT2D eigenvalue weighted by Crippen LogP contribution is -2.18. The Labute approximate surface area is 268 Å². The Kier molecular flexibility index (Phi) is 9.38. The van der Waals surface area contributed by atoms with Gasteiger partial charge in [-0.05, 0) is 73.7 Å². The standard InChI is InChI=1S/C34H33F3N6O2S/c1-20(2)29-16-7-21(3)17-30(29)43-22(4)18-46-33(43)40-32(44)39-24(6)23(5)25-8-10-26(11-9-25)31-38-19-42(41-31)27-12-14-28(15-13-27)45-34(35,36)37/h7-20,23H,1-6H3. The first-order chi connectivity index (χ1) is 21.8. The first-order valence-electron chi connectivity index (χ1n) is 14.6. The van der Waals surface area contributed by atoms with Gasteiger partial charge in [-0.2, -0.15) is 4.99 Å². The molecule has 1 unspecified atom stereocenters. The molecule has 0 saturated carbocycles. The van der Waals surface area contributed by atoms with Gasteiger partial charge in [-0.15, -0.1) is 29.6 Å². The summed E-state index contributed by atoms with van der Waals surface area (Å²) < 4.78 is 44.8. The molecule has 2 amide bonds. The molecule has 2 aromatic heterocycles. The van der Waals surface area contributed by atoms with Crippen LogP contribution in [0, 0.1) is 13.8 Å². The lowest BCUT2D eigenvalue weighted by atomic mass is 9.96. The molecule has 3 aromatic carbocycles. The number of hydrogen-bond donors (Lipinski definition) is 0. The van der Waals surface area contributed by atoms with Gasteiger partial charge in [0.25, 0.3) is 0 Å². The van der Waals surface area contributed by atoms with Crippen molar-refractivity contribution in [3.63, 3.8) is 0 Å². The van der Waals surface area contributed by atoms with Gasteiger partial charge in [0.05, 0.1) is 11.4 Å². The van der Waals surface area contributed by atoms with E-state index in [0.29, 0.717) is 27.9 Å². The van der Waals surface area contributed by atoms with Crippen molar-refractivity contribution in [1.29, 1.82) is 0 Å². The van der Waals surface area contributed by atoms with E-state index in [2.05, 4.69) is 56.9 Å². The molecule has 0 fully saturated rings. The fraction of sp³-hybridized carbons (Fsp3) is 0.265. The summed E-state index contributed by atoms with van der Waals surface area (Å²) in [7, 11) is 0. The molecule has 5 rings (SSSR count). The molecular formula is C34H33F3N6O2S. The van der Waals surface area contributed by atoms with Crippen molar-refractivity contribution < 1.29 is 22.7 Å². The molecule has 46 heavy (non-hydrogen) atoms. The predicted octanol–water partition coefficient (Wildman–Crippen LogP) is 8.71. The number of rotatable bonds is 7. The Balaban J connectivity index is 1.31. The maximum absolute atomic E-state index is 13.0. The van der Waals surface area contributed by atoms with Crippen molar-refractivity contribution >= 4 is 23.1 Å². The molecule has 238 valence electrons. The van der Waals surface area contributed by atoms with Crippen molar-refractivity contribution in [2.24, 2.45) is 9.98 Å². The van der Waals surface area contributed by atoms with Gasteiger partial charge in [0.1, 0.15) is 12.1 Å². The molecule has 2 heterocycles. The third-order valence-corrected chi connectivity index (χ3v) is 8.46. The average molecular weight is 647 g/mol. The number of benzene rings is 3. The molecule has 8 nitrogen and oxygen atoms in total. The van der Waals surface area contributed by atoms with E-state index in [1.54, 1.807) is 0 Å². The Bertz CT molecular complexity index is 1950. The van der Waals surface area contributed by atoms with E-state index in [1.165, 1.54) is 52.2 Å². The van der Waals surface area contributed by atoms with Crippen LogP contribution in [0.5, 0.6) is 5.75 Å². The predicted molar refractivity (Wildman–Crippen MR) is 173 cm³/mol. The Morgan fingerprint density at radius 3 is 2.33 bits per heavy atom. The molecular weight excluding hydrogens is 613 g/mol. The monoisotopic (exact) mass is 646 g/mol. The van der Waals surface area contributed by atoms with Crippen LogP contribution in [0.1, 0.15) is 61.9 Å². The number of aromatic nitrogens is 4. The van der Waals surface area contributed by atoms with Crippen molar-refractivity contribution in [2.45, 2.75) is 59.7 Å². The molecule has 0 spiro atoms. The van der Waals surface area contributed by atoms with Crippen LogP contribution < -0.4 is 9.54 Å². The summed E-state index contributed by atoms with van der Waals surface area (Å²) in [5.41, 5.74) is 7.16. The summed E-state index contributed by atoms with van der Waals surface area (Å²) in [6, 6.07) is 18.7. The molecule has 1 atom stereocenters. The second-order valence-corrected chi connectivity index (χ2v) is 12.1. The van der Waals surface area contributed by atoms with E-state index < -0.39 is 12.4 Å². The van der Waals surface area contributed by atoms with Crippen molar-refractivity contribution in [3.8, 4) is 28.5 Å². The van der Waals surface area contributed by atoms with Gasteiger partial charge >= 0.3 is 12.4 Å². The average Bonchev–Trinajstić information content (AvgIpc) is 3.63. The van der Waals surface area contributed by atoms with Crippen LogP contribution in [0.2, 0.25) is 0 Å². The number of ether oxygens (including phenoxy) is 1. The fourth-order valence-corrected chi connectivity index (χ4v) is 5.80. The summed E-state index contributed by atoms with van der Waals surface area (Å²) in [6.45, 7) is 12.1. The largest absolute Gasteiger partial charge is 0.573 e. The summed E-state index contributed by atoms with van der Waals surface area (Å²) in [6.07, 6.45) is -3.27. The third kappa shape index (κ3) is 7.51. The first kappa shape index (κ1) is 32.6. The van der Waals surface area contributed by atoms with Crippen LogP contribution in [0.3, 0.4) is 0 Å². The molecule has 12 heteroatoms. The van der Waals surface area contributed by atoms with Gasteiger partial charge in [0.15, 0.2) is 10.6 Å². The number of carbonyl (C=O) groups is 1. The van der Waals surface area contributed by atoms with Gasteiger partial charge < -0.3 is 4.74 Å². The molecule has 0 aliphatic heterocycles. The van der Waals surface area contributed by atoms with E-state index in [0.717, 1.165) is 28.1 Å². The topological polar surface area (TPSA) is 86.7 Å². The molecule has 0 bridgehead atoms. The van der Waals surface area contributed by atoms with Crippen molar-refractivity contribution in [1.82, 2.24) is 19.3 Å². The summed E-state index contributed by atoms with van der Waals surface area (Å²) in [5.74, 6) is 0.274. The van der Waals surface area contributed by atoms with Gasteiger partial charge in [-0.1, -0.05) is 57.2 Å². The minimum absolute atomic E-state index is 0.155. The van der Waals surface area contributed by atoms with Crippen LogP contribution >= 0.6 is 11.3 Å². The van der Waals surface area contributed by atoms with E-state index in [1.807, 2.05) is 61.9 Å². The Morgan fingerprint density at radius 1 is 0.978 bits per heavy atom. The molecule has 0 radical (unpaired) electrons. The van der Waals surface area contributed by atoms with Crippen LogP contribution in [0.4, 0.5) is 18.0 Å². The third-order valence-electron chi connectivity index (χ3n) is 7.51. The van der Waals surface area contributed by atoms with Crippen LogP contribution in [0.25, 0.3) is 22.8 Å². The van der Waals surface area contributed by atoms with Crippen LogP contribution in [0.15, 0.2) is 88.4 Å².